The minimum Gasteiger partial charge on any atom is -0.480 e. The summed E-state index contributed by atoms with van der Waals surface area (Å²) >= 11 is 0.638. The fraction of sp³-hybridized carbons (Fsp3) is 0.429. The average Bonchev–Trinajstić information content (AvgIpc) is 3.63. The van der Waals surface area contributed by atoms with Crippen LogP contribution in [-0.2, 0) is 44.9 Å². The SMILES string of the molecule is CC(=O)N(CC[C@H](N)C(=O)N[C@H](CNC(=O)CNC(=O)CC(SC[C@H](N)C(=O)O)C(=O)O)C(=O)O)[C@@H](c1cc(-c2cc(F)ccc2F)cn1Cc1ccccc1)C(C)(C)C.O=C(O)C(F)(F)F. The third-order valence-electron chi connectivity index (χ3n) is 9.45. The average molecular weight is 974 g/mol. The topological polar surface area (TPSA) is 314 Å². The largest absolute Gasteiger partial charge is 0.490 e. The number of aromatic nitrogens is 1. The molecular weight excluding hydrogens is 922 g/mol. The number of nitrogens with zero attached hydrogens (tertiary/aromatic N) is 2. The van der Waals surface area contributed by atoms with Gasteiger partial charge in [-0.1, -0.05) is 51.1 Å². The fourth-order valence-corrected chi connectivity index (χ4v) is 7.17. The molecule has 0 saturated carbocycles. The molecule has 1 aromatic heterocycles. The highest BCUT2D eigenvalue weighted by atomic mass is 32.2. The normalized spacial score (nSPS) is 13.6. The molecular formula is C42H52F5N7O12S. The van der Waals surface area contributed by atoms with Gasteiger partial charge >= 0.3 is 30.1 Å². The summed E-state index contributed by atoms with van der Waals surface area (Å²) in [6, 6.07) is 9.18. The Labute approximate surface area is 384 Å². The number of aliphatic carboxylic acids is 4. The van der Waals surface area contributed by atoms with Crippen LogP contribution in [0.15, 0.2) is 60.8 Å². The van der Waals surface area contributed by atoms with Crippen molar-refractivity contribution in [2.75, 3.05) is 25.4 Å². The summed E-state index contributed by atoms with van der Waals surface area (Å²) in [5.41, 5.74) is 12.8. The zero-order valence-electron chi connectivity index (χ0n) is 36.5. The second-order valence-electron chi connectivity index (χ2n) is 15.9. The van der Waals surface area contributed by atoms with Crippen LogP contribution in [0.5, 0.6) is 0 Å². The zero-order chi connectivity index (χ0) is 51.0. The molecule has 4 amide bonds. The van der Waals surface area contributed by atoms with E-state index in [1.54, 1.807) is 12.3 Å². The molecule has 5 atom stereocenters. The van der Waals surface area contributed by atoms with Gasteiger partial charge < -0.3 is 57.3 Å². The lowest BCUT2D eigenvalue weighted by molar-refractivity contribution is -0.192. The van der Waals surface area contributed by atoms with Gasteiger partial charge in [-0.15, -0.1) is 11.8 Å². The highest BCUT2D eigenvalue weighted by Crippen LogP contribution is 2.41. The molecule has 2 aromatic carbocycles. The lowest BCUT2D eigenvalue weighted by Gasteiger charge is -2.41. The van der Waals surface area contributed by atoms with E-state index in [2.05, 4.69) is 16.0 Å². The van der Waals surface area contributed by atoms with E-state index >= 15 is 4.39 Å². The van der Waals surface area contributed by atoms with Gasteiger partial charge in [0.2, 0.25) is 23.6 Å². The van der Waals surface area contributed by atoms with Crippen LogP contribution < -0.4 is 27.4 Å². The number of carboxylic acid groups (broad SMARTS) is 4. The van der Waals surface area contributed by atoms with Crippen molar-refractivity contribution in [3.05, 3.63) is 83.7 Å². The zero-order valence-corrected chi connectivity index (χ0v) is 37.3. The van der Waals surface area contributed by atoms with E-state index < -0.39 is 114 Å². The first-order valence-corrected chi connectivity index (χ1v) is 21.0. The third kappa shape index (κ3) is 18.7. The van der Waals surface area contributed by atoms with E-state index in [4.69, 9.17) is 26.5 Å². The maximum Gasteiger partial charge on any atom is 0.490 e. The van der Waals surface area contributed by atoms with Crippen LogP contribution in [0.1, 0.15) is 57.8 Å². The molecule has 3 aromatic rings. The Morgan fingerprint density at radius 3 is 1.96 bits per heavy atom. The number of hydrogen-bond acceptors (Lipinski definition) is 11. The molecule has 3 rings (SSSR count). The van der Waals surface area contributed by atoms with Crippen molar-refractivity contribution in [3.63, 3.8) is 0 Å². The fourth-order valence-electron chi connectivity index (χ4n) is 6.17. The number of carboxylic acids is 4. The molecule has 0 aliphatic rings. The van der Waals surface area contributed by atoms with Crippen molar-refractivity contribution < 1.29 is 80.7 Å². The molecule has 0 saturated heterocycles. The summed E-state index contributed by atoms with van der Waals surface area (Å²) in [5, 5.41) is 40.5. The summed E-state index contributed by atoms with van der Waals surface area (Å²) in [5.74, 6) is -11.6. The molecule has 368 valence electrons. The molecule has 0 aliphatic carbocycles. The van der Waals surface area contributed by atoms with Gasteiger partial charge in [0.1, 0.15) is 29.0 Å². The Kier molecular flexibility index (Phi) is 21.4. The monoisotopic (exact) mass is 973 g/mol. The predicted molar refractivity (Wildman–Crippen MR) is 231 cm³/mol. The van der Waals surface area contributed by atoms with Gasteiger partial charge in [-0.05, 0) is 41.7 Å². The smallest absolute Gasteiger partial charge is 0.480 e. The van der Waals surface area contributed by atoms with Gasteiger partial charge in [0.05, 0.1) is 18.6 Å². The number of nitrogens with one attached hydrogen (secondary N) is 3. The first-order chi connectivity index (χ1) is 31.0. The van der Waals surface area contributed by atoms with Crippen LogP contribution in [0.4, 0.5) is 22.0 Å². The number of halogens is 5. The van der Waals surface area contributed by atoms with Crippen LogP contribution in [-0.4, -0.2) is 132 Å². The first kappa shape index (κ1) is 56.5. The number of rotatable bonds is 22. The van der Waals surface area contributed by atoms with Crippen LogP contribution in [0, 0.1) is 17.0 Å². The molecule has 25 heteroatoms. The third-order valence-corrected chi connectivity index (χ3v) is 10.8. The number of amides is 4. The van der Waals surface area contributed by atoms with Gasteiger partial charge in [-0.2, -0.15) is 13.2 Å². The Balaban J connectivity index is 0.00000203. The number of benzene rings is 2. The van der Waals surface area contributed by atoms with Gasteiger partial charge in [0, 0.05) is 61.7 Å². The minimum atomic E-state index is -5.08. The van der Waals surface area contributed by atoms with E-state index in [1.807, 2.05) is 55.7 Å². The molecule has 67 heavy (non-hydrogen) atoms. The van der Waals surface area contributed by atoms with E-state index in [9.17, 15) is 61.3 Å². The van der Waals surface area contributed by atoms with Crippen molar-refractivity contribution in [2.45, 2.75) is 82.7 Å². The molecule has 0 spiro atoms. The molecule has 0 radical (unpaired) electrons. The maximum atomic E-state index is 15.0. The molecule has 1 heterocycles. The number of alkyl halides is 3. The second-order valence-corrected chi connectivity index (χ2v) is 17.1. The summed E-state index contributed by atoms with van der Waals surface area (Å²) < 4.78 is 62.9. The van der Waals surface area contributed by atoms with E-state index in [1.165, 1.54) is 11.8 Å². The van der Waals surface area contributed by atoms with E-state index in [0.717, 1.165) is 23.8 Å². The quantitative estimate of drug-likeness (QED) is 0.0654. The number of nitrogens with two attached hydrogens (primary N) is 2. The van der Waals surface area contributed by atoms with Crippen molar-refractivity contribution in [2.24, 2.45) is 16.9 Å². The second kappa shape index (κ2) is 25.3. The van der Waals surface area contributed by atoms with E-state index in [0.29, 0.717) is 29.6 Å². The van der Waals surface area contributed by atoms with E-state index in [-0.39, 0.29) is 30.2 Å². The Morgan fingerprint density at radius 2 is 1.43 bits per heavy atom. The molecule has 0 aliphatic heterocycles. The first-order valence-electron chi connectivity index (χ1n) is 19.9. The molecule has 11 N–H and O–H groups in total. The minimum absolute atomic E-state index is 0.0264. The van der Waals surface area contributed by atoms with Crippen LogP contribution in [0.2, 0.25) is 0 Å². The van der Waals surface area contributed by atoms with Gasteiger partial charge in [-0.25, -0.2) is 18.4 Å². The van der Waals surface area contributed by atoms with Crippen LogP contribution >= 0.6 is 11.8 Å². The lowest BCUT2D eigenvalue weighted by Crippen LogP contribution is -2.54. The number of hydrogen-bond donors (Lipinski definition) is 9. The molecule has 0 bridgehead atoms. The summed E-state index contributed by atoms with van der Waals surface area (Å²) in [4.78, 5) is 96.0. The number of thioether (sulfide) groups is 1. The van der Waals surface area contributed by atoms with Crippen molar-refractivity contribution in [1.29, 1.82) is 0 Å². The maximum absolute atomic E-state index is 15.0. The lowest BCUT2D eigenvalue weighted by atomic mass is 9.82. The predicted octanol–water partition coefficient (Wildman–Crippen LogP) is 2.56. The van der Waals surface area contributed by atoms with Gasteiger partial charge in [0.15, 0.2) is 0 Å². The highest BCUT2D eigenvalue weighted by molar-refractivity contribution is 8.00. The van der Waals surface area contributed by atoms with Crippen molar-refractivity contribution in [3.8, 4) is 11.1 Å². The standard InChI is InChI=1S/C40H51F2N7O10S.C2HF3O2/c1-22(50)49(35(40(2,3)4)31-14-24(26-15-25(41)10-11-27(26)42)20-48(31)19-23-8-6-5-7-9-23)13-12-28(43)36(53)47-30(38(56)57)17-45-34(52)18-46-33(51)16-32(39(58)59)60-21-29(44)37(54)55;3-2(4,5)1(6)7/h5-11,14-15,20,28-30,32,35H,12-13,16-19,21,43-44H2,1-4H3,(H,45,52)(H,46,51)(H,47,53)(H,54,55)(H,56,57)(H,58,59);(H,6,7)/t28-,29-,30+,32?,35-;/m0./s1. The Bertz CT molecular complexity index is 2240. The van der Waals surface area contributed by atoms with Gasteiger partial charge in [-0.3, -0.25) is 28.8 Å². The Hall–Kier alpha value is -6.60. The van der Waals surface area contributed by atoms with Crippen LogP contribution in [0.25, 0.3) is 11.1 Å². The summed E-state index contributed by atoms with van der Waals surface area (Å²) in [6.45, 7) is 5.98. The number of carbonyl (C=O) groups excluding carboxylic acids is 4. The van der Waals surface area contributed by atoms with Crippen LogP contribution in [0.3, 0.4) is 0 Å². The number of carbonyl (C=O) groups is 8. The van der Waals surface area contributed by atoms with Crippen molar-refractivity contribution >= 4 is 59.3 Å². The molecule has 1 unspecified atom stereocenters. The molecule has 0 fully saturated rings. The highest BCUT2D eigenvalue weighted by Gasteiger charge is 2.39. The summed E-state index contributed by atoms with van der Waals surface area (Å²) in [7, 11) is 0. The van der Waals surface area contributed by atoms with Crippen molar-refractivity contribution in [1.82, 2.24) is 25.4 Å². The summed E-state index contributed by atoms with van der Waals surface area (Å²) in [6.07, 6.45) is -4.14. The Morgan fingerprint density at radius 1 is 0.821 bits per heavy atom. The molecule has 19 nitrogen and oxygen atoms in total. The van der Waals surface area contributed by atoms with Gasteiger partial charge in [0.25, 0.3) is 0 Å².